The van der Waals surface area contributed by atoms with Crippen molar-refractivity contribution in [1.82, 2.24) is 0 Å². The van der Waals surface area contributed by atoms with Crippen LogP contribution >= 0.6 is 0 Å². The number of hydrogen-bond acceptors (Lipinski definition) is 2. The Morgan fingerprint density at radius 3 is 2.44 bits per heavy atom. The molecule has 25 heavy (non-hydrogen) atoms. The van der Waals surface area contributed by atoms with Crippen LogP contribution in [0.2, 0.25) is 0 Å². The highest BCUT2D eigenvalue weighted by Gasteiger charge is 2.25. The maximum Gasteiger partial charge on any atom is 0.239 e. The molecule has 0 bridgehead atoms. The third kappa shape index (κ3) is 4.18. The average molecular weight is 356 g/mol. The molecule has 0 aliphatic carbocycles. The number of benzene rings is 2. The van der Waals surface area contributed by atoms with Gasteiger partial charge in [-0.25, -0.2) is 0 Å². The number of fused-ring (bicyclic) bond motifs is 1. The predicted molar refractivity (Wildman–Crippen MR) is 104 cm³/mol. The van der Waals surface area contributed by atoms with E-state index in [1.54, 1.807) is 4.90 Å². The van der Waals surface area contributed by atoms with E-state index >= 15 is 0 Å². The van der Waals surface area contributed by atoms with Gasteiger partial charge in [0, 0.05) is 28.8 Å². The molecule has 132 valence electrons. The Bertz CT molecular complexity index is 790. The normalized spacial score (nSPS) is 15.1. The SMILES string of the molecule is CC(C)(C)c1ccc(CS(=O)CC(=O)N2CCc3ccccc32)cc1. The Morgan fingerprint density at radius 1 is 1.08 bits per heavy atom. The summed E-state index contributed by atoms with van der Waals surface area (Å²) in [5.74, 6) is 0.454. The minimum atomic E-state index is -1.19. The van der Waals surface area contributed by atoms with Crippen LogP contribution in [-0.4, -0.2) is 22.4 Å². The van der Waals surface area contributed by atoms with Crippen molar-refractivity contribution in [2.75, 3.05) is 17.2 Å². The van der Waals surface area contributed by atoms with Crippen LogP contribution in [0.15, 0.2) is 48.5 Å². The first kappa shape index (κ1) is 17.9. The molecule has 1 atom stereocenters. The molecule has 1 aliphatic heterocycles. The van der Waals surface area contributed by atoms with E-state index < -0.39 is 10.8 Å². The zero-order valence-corrected chi connectivity index (χ0v) is 15.9. The van der Waals surface area contributed by atoms with Gasteiger partial charge in [0.2, 0.25) is 5.91 Å². The fourth-order valence-corrected chi connectivity index (χ4v) is 4.25. The molecule has 1 unspecified atom stereocenters. The molecule has 0 N–H and O–H groups in total. The standard InChI is InChI=1S/C21H25NO2S/c1-21(2,3)18-10-8-16(9-11-18)14-25(24)15-20(23)22-13-12-17-6-4-5-7-19(17)22/h4-11H,12-15H2,1-3H3. The molecule has 2 aromatic rings. The zero-order chi connectivity index (χ0) is 18.0. The molecular formula is C21H25NO2S. The molecule has 1 aliphatic rings. The number of anilines is 1. The van der Waals surface area contributed by atoms with Gasteiger partial charge in [-0.05, 0) is 34.6 Å². The molecule has 0 fully saturated rings. The molecule has 0 radical (unpaired) electrons. The summed E-state index contributed by atoms with van der Waals surface area (Å²) in [6.07, 6.45) is 0.878. The fourth-order valence-electron chi connectivity index (χ4n) is 3.15. The van der Waals surface area contributed by atoms with Gasteiger partial charge in [0.15, 0.2) is 0 Å². The summed E-state index contributed by atoms with van der Waals surface area (Å²) >= 11 is 0. The van der Waals surface area contributed by atoms with Crippen molar-refractivity contribution in [2.24, 2.45) is 0 Å². The van der Waals surface area contributed by atoms with Crippen LogP contribution in [0, 0.1) is 0 Å². The summed E-state index contributed by atoms with van der Waals surface area (Å²) in [5, 5.41) is 0. The fraction of sp³-hybridized carbons (Fsp3) is 0.381. The van der Waals surface area contributed by atoms with Crippen molar-refractivity contribution in [3.8, 4) is 0 Å². The Hall–Kier alpha value is -1.94. The van der Waals surface area contributed by atoms with Crippen LogP contribution in [0.4, 0.5) is 5.69 Å². The molecule has 0 aromatic heterocycles. The molecule has 0 saturated carbocycles. The maximum atomic E-state index is 12.5. The van der Waals surface area contributed by atoms with Crippen LogP contribution < -0.4 is 4.90 Å². The maximum absolute atomic E-state index is 12.5. The number of carbonyl (C=O) groups excluding carboxylic acids is 1. The van der Waals surface area contributed by atoms with Crippen LogP contribution in [0.1, 0.15) is 37.5 Å². The van der Waals surface area contributed by atoms with Gasteiger partial charge in [-0.1, -0.05) is 63.2 Å². The molecule has 0 spiro atoms. The van der Waals surface area contributed by atoms with E-state index in [0.717, 1.165) is 17.7 Å². The molecule has 1 heterocycles. The third-order valence-electron chi connectivity index (χ3n) is 4.62. The lowest BCUT2D eigenvalue weighted by molar-refractivity contribution is -0.116. The first-order valence-corrected chi connectivity index (χ1v) is 10.2. The first-order chi connectivity index (χ1) is 11.8. The largest absolute Gasteiger partial charge is 0.311 e. The van der Waals surface area contributed by atoms with E-state index in [0.29, 0.717) is 12.3 Å². The van der Waals surface area contributed by atoms with Crippen molar-refractivity contribution in [2.45, 2.75) is 38.4 Å². The van der Waals surface area contributed by atoms with E-state index in [1.807, 2.05) is 30.3 Å². The summed E-state index contributed by atoms with van der Waals surface area (Å²) < 4.78 is 12.4. The van der Waals surface area contributed by atoms with E-state index in [2.05, 4.69) is 39.0 Å². The summed E-state index contributed by atoms with van der Waals surface area (Å²) in [5.41, 5.74) is 4.54. The summed E-state index contributed by atoms with van der Waals surface area (Å²) in [6, 6.07) is 16.2. The highest BCUT2D eigenvalue weighted by atomic mass is 32.2. The monoisotopic (exact) mass is 355 g/mol. The number of nitrogens with zero attached hydrogens (tertiary/aromatic N) is 1. The average Bonchev–Trinajstić information content (AvgIpc) is 2.98. The highest BCUT2D eigenvalue weighted by molar-refractivity contribution is 7.84. The smallest absolute Gasteiger partial charge is 0.239 e. The van der Waals surface area contributed by atoms with E-state index in [1.165, 1.54) is 11.1 Å². The molecule has 3 nitrogen and oxygen atoms in total. The zero-order valence-electron chi connectivity index (χ0n) is 15.1. The topological polar surface area (TPSA) is 37.4 Å². The van der Waals surface area contributed by atoms with Gasteiger partial charge in [0.05, 0.1) is 0 Å². The molecule has 4 heteroatoms. The van der Waals surface area contributed by atoms with Crippen LogP contribution in [0.25, 0.3) is 0 Å². The molecule has 1 amide bonds. The second-order valence-corrected chi connectivity index (χ2v) is 9.06. The molecule has 2 aromatic carbocycles. The molecule has 0 saturated heterocycles. The Kier molecular flexibility index (Phi) is 5.09. The van der Waals surface area contributed by atoms with Crippen molar-refractivity contribution >= 4 is 22.4 Å². The quantitative estimate of drug-likeness (QED) is 0.836. The summed E-state index contributed by atoms with van der Waals surface area (Å²) in [7, 11) is -1.19. The third-order valence-corrected chi connectivity index (χ3v) is 5.84. The number of amides is 1. The molecular weight excluding hydrogens is 330 g/mol. The van der Waals surface area contributed by atoms with Gasteiger partial charge < -0.3 is 4.90 Å². The van der Waals surface area contributed by atoms with Crippen LogP contribution in [0.3, 0.4) is 0 Å². The van der Waals surface area contributed by atoms with Gasteiger partial charge in [0.1, 0.15) is 5.75 Å². The van der Waals surface area contributed by atoms with E-state index in [-0.39, 0.29) is 17.1 Å². The minimum absolute atomic E-state index is 0.0467. The Balaban J connectivity index is 1.60. The first-order valence-electron chi connectivity index (χ1n) is 8.67. The lowest BCUT2D eigenvalue weighted by atomic mass is 9.87. The second kappa shape index (κ2) is 7.12. The van der Waals surface area contributed by atoms with Gasteiger partial charge in [-0.15, -0.1) is 0 Å². The number of hydrogen-bond donors (Lipinski definition) is 0. The number of para-hydroxylation sites is 1. The summed E-state index contributed by atoms with van der Waals surface area (Å²) in [6.45, 7) is 7.21. The van der Waals surface area contributed by atoms with Crippen molar-refractivity contribution < 1.29 is 9.00 Å². The van der Waals surface area contributed by atoms with Crippen LogP contribution in [0.5, 0.6) is 0 Å². The van der Waals surface area contributed by atoms with Gasteiger partial charge in [-0.3, -0.25) is 9.00 Å². The van der Waals surface area contributed by atoms with Crippen molar-refractivity contribution in [3.05, 3.63) is 65.2 Å². The van der Waals surface area contributed by atoms with Gasteiger partial charge in [0.25, 0.3) is 0 Å². The minimum Gasteiger partial charge on any atom is -0.311 e. The highest BCUT2D eigenvalue weighted by Crippen LogP contribution is 2.27. The van der Waals surface area contributed by atoms with Crippen molar-refractivity contribution in [1.29, 1.82) is 0 Å². The van der Waals surface area contributed by atoms with Gasteiger partial charge >= 0.3 is 0 Å². The van der Waals surface area contributed by atoms with E-state index in [4.69, 9.17) is 0 Å². The molecule has 3 rings (SSSR count). The van der Waals surface area contributed by atoms with Crippen molar-refractivity contribution in [3.63, 3.8) is 0 Å². The second-order valence-electron chi connectivity index (χ2n) is 7.60. The Labute approximate surface area is 152 Å². The van der Waals surface area contributed by atoms with Crippen LogP contribution in [-0.2, 0) is 33.2 Å². The lowest BCUT2D eigenvalue weighted by Crippen LogP contribution is -2.33. The van der Waals surface area contributed by atoms with Gasteiger partial charge in [-0.2, -0.15) is 0 Å². The lowest BCUT2D eigenvalue weighted by Gasteiger charge is -2.19. The summed E-state index contributed by atoms with van der Waals surface area (Å²) in [4.78, 5) is 14.3. The Morgan fingerprint density at radius 2 is 1.76 bits per heavy atom. The number of rotatable bonds is 4. The predicted octanol–water partition coefficient (Wildman–Crippen LogP) is 3.82. The van der Waals surface area contributed by atoms with E-state index in [9.17, 15) is 9.00 Å². The number of carbonyl (C=O) groups is 1.